The average molecular weight is 303 g/mol. The van der Waals surface area contributed by atoms with Crippen LogP contribution in [0.2, 0.25) is 0 Å². The molecule has 1 unspecified atom stereocenters. The second kappa shape index (κ2) is 6.19. The second-order valence-corrected chi connectivity index (χ2v) is 6.46. The summed E-state index contributed by atoms with van der Waals surface area (Å²) < 4.78 is 39.9. The van der Waals surface area contributed by atoms with Gasteiger partial charge in [0.1, 0.15) is 5.82 Å². The SMILES string of the molecule is Cc1cc(F)ccc1S(=O)(=O)NC(C(N)=NO)C(C)C. The minimum Gasteiger partial charge on any atom is -0.409 e. The number of hydrogen-bond donors (Lipinski definition) is 3. The Balaban J connectivity index is 3.16. The fourth-order valence-electron chi connectivity index (χ4n) is 1.75. The number of oxime groups is 1. The fraction of sp³-hybridized carbons (Fsp3) is 0.417. The van der Waals surface area contributed by atoms with Gasteiger partial charge in [-0.25, -0.2) is 17.5 Å². The Labute approximate surface area is 117 Å². The van der Waals surface area contributed by atoms with Gasteiger partial charge in [0.2, 0.25) is 10.0 Å². The Morgan fingerprint density at radius 1 is 1.45 bits per heavy atom. The van der Waals surface area contributed by atoms with E-state index in [9.17, 15) is 12.8 Å². The maximum atomic E-state index is 13.0. The zero-order valence-electron chi connectivity index (χ0n) is 11.5. The van der Waals surface area contributed by atoms with Crippen LogP contribution in [-0.4, -0.2) is 25.5 Å². The van der Waals surface area contributed by atoms with Crippen molar-refractivity contribution in [1.29, 1.82) is 0 Å². The molecule has 0 heterocycles. The first kappa shape index (κ1) is 16.4. The lowest BCUT2D eigenvalue weighted by molar-refractivity contribution is 0.313. The highest BCUT2D eigenvalue weighted by Gasteiger charge is 2.26. The number of nitrogens with two attached hydrogens (primary N) is 1. The van der Waals surface area contributed by atoms with Crippen LogP contribution in [-0.2, 0) is 10.0 Å². The molecular weight excluding hydrogens is 285 g/mol. The van der Waals surface area contributed by atoms with Crippen molar-refractivity contribution in [1.82, 2.24) is 4.72 Å². The van der Waals surface area contributed by atoms with Crippen molar-refractivity contribution >= 4 is 15.9 Å². The minimum atomic E-state index is -3.90. The molecule has 20 heavy (non-hydrogen) atoms. The van der Waals surface area contributed by atoms with Crippen molar-refractivity contribution in [3.05, 3.63) is 29.6 Å². The van der Waals surface area contributed by atoms with Gasteiger partial charge >= 0.3 is 0 Å². The van der Waals surface area contributed by atoms with Crippen molar-refractivity contribution in [2.24, 2.45) is 16.8 Å². The molecule has 1 aromatic rings. The van der Waals surface area contributed by atoms with E-state index in [2.05, 4.69) is 9.88 Å². The van der Waals surface area contributed by atoms with Crippen LogP contribution >= 0.6 is 0 Å². The van der Waals surface area contributed by atoms with Gasteiger partial charge in [-0.15, -0.1) is 0 Å². The second-order valence-electron chi connectivity index (χ2n) is 4.78. The van der Waals surface area contributed by atoms with Crippen LogP contribution in [0, 0.1) is 18.7 Å². The molecule has 0 spiro atoms. The molecule has 0 fully saturated rings. The maximum absolute atomic E-state index is 13.0. The molecule has 0 aliphatic heterocycles. The van der Waals surface area contributed by atoms with E-state index in [-0.39, 0.29) is 22.2 Å². The van der Waals surface area contributed by atoms with Crippen LogP contribution in [0.3, 0.4) is 0 Å². The number of nitrogens with one attached hydrogen (secondary N) is 1. The topological polar surface area (TPSA) is 105 Å². The third kappa shape index (κ3) is 3.67. The molecule has 0 radical (unpaired) electrons. The smallest absolute Gasteiger partial charge is 0.241 e. The van der Waals surface area contributed by atoms with Gasteiger partial charge in [-0.2, -0.15) is 0 Å². The predicted octanol–water partition coefficient (Wildman–Crippen LogP) is 1.18. The number of benzene rings is 1. The molecule has 1 aromatic carbocycles. The Hall–Kier alpha value is -1.67. The Morgan fingerprint density at radius 3 is 2.50 bits per heavy atom. The minimum absolute atomic E-state index is 0.0460. The lowest BCUT2D eigenvalue weighted by Crippen LogP contribution is -2.47. The number of rotatable bonds is 5. The summed E-state index contributed by atoms with van der Waals surface area (Å²) >= 11 is 0. The molecule has 8 heteroatoms. The normalized spacial score (nSPS) is 14.6. The molecule has 0 saturated carbocycles. The van der Waals surface area contributed by atoms with Crippen LogP contribution < -0.4 is 10.5 Å². The summed E-state index contributed by atoms with van der Waals surface area (Å²) in [6.07, 6.45) is 0. The van der Waals surface area contributed by atoms with E-state index < -0.39 is 21.9 Å². The molecule has 4 N–H and O–H groups in total. The van der Waals surface area contributed by atoms with E-state index in [0.29, 0.717) is 0 Å². The van der Waals surface area contributed by atoms with Gasteiger partial charge < -0.3 is 10.9 Å². The standard InChI is InChI=1S/C12H18FN3O3S/c1-7(2)11(12(14)15-17)16-20(18,19)10-5-4-9(13)6-8(10)3/h4-7,11,16-17H,1-3H3,(H2,14,15). The van der Waals surface area contributed by atoms with E-state index >= 15 is 0 Å². The molecule has 6 nitrogen and oxygen atoms in total. The van der Waals surface area contributed by atoms with Crippen LogP contribution in [0.5, 0.6) is 0 Å². The summed E-state index contributed by atoms with van der Waals surface area (Å²) in [4.78, 5) is -0.0460. The predicted molar refractivity (Wildman–Crippen MR) is 73.5 cm³/mol. The summed E-state index contributed by atoms with van der Waals surface area (Å²) in [6.45, 7) is 4.94. The van der Waals surface area contributed by atoms with Gasteiger partial charge in [0.25, 0.3) is 0 Å². The number of sulfonamides is 1. The van der Waals surface area contributed by atoms with Crippen molar-refractivity contribution in [3.63, 3.8) is 0 Å². The number of halogens is 1. The van der Waals surface area contributed by atoms with Crippen LogP contribution in [0.4, 0.5) is 4.39 Å². The molecule has 1 atom stereocenters. The van der Waals surface area contributed by atoms with Crippen molar-refractivity contribution in [2.45, 2.75) is 31.7 Å². The van der Waals surface area contributed by atoms with Gasteiger partial charge in [0, 0.05) is 0 Å². The first-order valence-electron chi connectivity index (χ1n) is 5.95. The summed E-state index contributed by atoms with van der Waals surface area (Å²) in [5, 5.41) is 11.5. The summed E-state index contributed by atoms with van der Waals surface area (Å²) in [7, 11) is -3.90. The fourth-order valence-corrected chi connectivity index (χ4v) is 3.33. The molecule has 112 valence electrons. The zero-order valence-corrected chi connectivity index (χ0v) is 12.3. The summed E-state index contributed by atoms with van der Waals surface area (Å²) in [6, 6.07) is 2.52. The molecule has 0 aromatic heterocycles. The van der Waals surface area contributed by atoms with E-state index in [4.69, 9.17) is 10.9 Å². The van der Waals surface area contributed by atoms with Crippen molar-refractivity contribution < 1.29 is 18.0 Å². The highest BCUT2D eigenvalue weighted by molar-refractivity contribution is 7.89. The first-order chi connectivity index (χ1) is 9.19. The van der Waals surface area contributed by atoms with E-state index in [1.165, 1.54) is 13.0 Å². The maximum Gasteiger partial charge on any atom is 0.241 e. The van der Waals surface area contributed by atoms with Gasteiger partial charge in [-0.1, -0.05) is 19.0 Å². The summed E-state index contributed by atoms with van der Waals surface area (Å²) in [5.41, 5.74) is 5.76. The zero-order chi connectivity index (χ0) is 15.5. The van der Waals surface area contributed by atoms with E-state index in [1.54, 1.807) is 13.8 Å². The highest BCUT2D eigenvalue weighted by atomic mass is 32.2. The number of amidine groups is 1. The Bertz CT molecular complexity index is 614. The molecule has 0 aliphatic rings. The largest absolute Gasteiger partial charge is 0.409 e. The molecule has 1 rings (SSSR count). The van der Waals surface area contributed by atoms with Crippen LogP contribution in [0.25, 0.3) is 0 Å². The molecule has 0 aliphatic carbocycles. The van der Waals surface area contributed by atoms with E-state index in [0.717, 1.165) is 12.1 Å². The lowest BCUT2D eigenvalue weighted by Gasteiger charge is -2.21. The third-order valence-corrected chi connectivity index (χ3v) is 4.41. The lowest BCUT2D eigenvalue weighted by atomic mass is 10.1. The van der Waals surface area contributed by atoms with Crippen molar-refractivity contribution in [2.75, 3.05) is 0 Å². The van der Waals surface area contributed by atoms with Crippen LogP contribution in [0.15, 0.2) is 28.3 Å². The average Bonchev–Trinajstić information content (AvgIpc) is 2.34. The van der Waals surface area contributed by atoms with Gasteiger partial charge in [0.05, 0.1) is 10.9 Å². The van der Waals surface area contributed by atoms with E-state index in [1.807, 2.05) is 0 Å². The quantitative estimate of drug-likeness (QED) is 0.329. The summed E-state index contributed by atoms with van der Waals surface area (Å²) in [5.74, 6) is -0.969. The molecule has 0 amide bonds. The molecular formula is C12H18FN3O3S. The monoisotopic (exact) mass is 303 g/mol. The highest BCUT2D eigenvalue weighted by Crippen LogP contribution is 2.17. The third-order valence-electron chi connectivity index (χ3n) is 2.81. The molecule has 0 saturated heterocycles. The van der Waals surface area contributed by atoms with Gasteiger partial charge in [0.15, 0.2) is 5.84 Å². The number of nitrogens with zero attached hydrogens (tertiary/aromatic N) is 1. The number of aryl methyl sites for hydroxylation is 1. The van der Waals surface area contributed by atoms with Gasteiger partial charge in [-0.3, -0.25) is 0 Å². The number of hydrogen-bond acceptors (Lipinski definition) is 4. The Morgan fingerprint density at radius 2 is 2.05 bits per heavy atom. The first-order valence-corrected chi connectivity index (χ1v) is 7.43. The van der Waals surface area contributed by atoms with Crippen molar-refractivity contribution in [3.8, 4) is 0 Å². The molecule has 0 bridgehead atoms. The Kier molecular flexibility index (Phi) is 5.07. The van der Waals surface area contributed by atoms with Crippen LogP contribution in [0.1, 0.15) is 19.4 Å². The van der Waals surface area contributed by atoms with Gasteiger partial charge in [-0.05, 0) is 36.6 Å².